The second-order valence-electron chi connectivity index (χ2n) is 4.76. The molecule has 0 heterocycles. The Bertz CT molecular complexity index is 551. The molecule has 2 aromatic rings. The van der Waals surface area contributed by atoms with Gasteiger partial charge in [0, 0.05) is 18.2 Å². The molecule has 0 aliphatic rings. The van der Waals surface area contributed by atoms with E-state index in [-0.39, 0.29) is 6.04 Å². The fraction of sp³-hybridized carbons (Fsp3) is 0.250. The highest BCUT2D eigenvalue weighted by molar-refractivity contribution is 9.10. The zero-order chi connectivity index (χ0) is 13.8. The first kappa shape index (κ1) is 14.1. The van der Waals surface area contributed by atoms with Gasteiger partial charge in [0.25, 0.3) is 0 Å². The lowest BCUT2D eigenvalue weighted by atomic mass is 10.1. The largest absolute Gasteiger partial charge is 0.506 e. The summed E-state index contributed by atoms with van der Waals surface area (Å²) in [6, 6.07) is 14.4. The maximum absolute atomic E-state index is 9.93. The molecule has 1 atom stereocenters. The SMILES string of the molecule is Cc1ccc([C@H](C)NCc2cccc(Br)c2O)cc1. The summed E-state index contributed by atoms with van der Waals surface area (Å²) in [5.74, 6) is 0.311. The number of hydrogen-bond acceptors (Lipinski definition) is 2. The number of benzene rings is 2. The van der Waals surface area contributed by atoms with E-state index in [1.165, 1.54) is 11.1 Å². The molecule has 2 rings (SSSR count). The van der Waals surface area contributed by atoms with Crippen molar-refractivity contribution in [3.05, 3.63) is 63.6 Å². The van der Waals surface area contributed by atoms with Crippen LogP contribution in [0.25, 0.3) is 0 Å². The predicted molar refractivity (Wildman–Crippen MR) is 82.2 cm³/mol. The van der Waals surface area contributed by atoms with Crippen molar-refractivity contribution in [2.45, 2.75) is 26.4 Å². The zero-order valence-corrected chi connectivity index (χ0v) is 12.7. The Balaban J connectivity index is 2.02. The first-order chi connectivity index (χ1) is 9.08. The first-order valence-corrected chi connectivity index (χ1v) is 7.13. The van der Waals surface area contributed by atoms with Gasteiger partial charge < -0.3 is 10.4 Å². The molecular weight excluding hydrogens is 302 g/mol. The predicted octanol–water partition coefficient (Wildman–Crippen LogP) is 4.31. The number of para-hydroxylation sites is 1. The van der Waals surface area contributed by atoms with Crippen LogP contribution in [0.4, 0.5) is 0 Å². The van der Waals surface area contributed by atoms with E-state index in [0.29, 0.717) is 12.3 Å². The van der Waals surface area contributed by atoms with Gasteiger partial charge in [0.2, 0.25) is 0 Å². The second kappa shape index (κ2) is 6.22. The van der Waals surface area contributed by atoms with Crippen molar-refractivity contribution in [2.75, 3.05) is 0 Å². The van der Waals surface area contributed by atoms with Gasteiger partial charge in [-0.05, 0) is 41.4 Å². The molecule has 0 amide bonds. The lowest BCUT2D eigenvalue weighted by Crippen LogP contribution is -2.18. The average Bonchev–Trinajstić information content (AvgIpc) is 2.41. The van der Waals surface area contributed by atoms with Crippen molar-refractivity contribution in [3.8, 4) is 5.75 Å². The Morgan fingerprint density at radius 1 is 1.16 bits per heavy atom. The first-order valence-electron chi connectivity index (χ1n) is 6.34. The molecule has 0 aliphatic heterocycles. The maximum Gasteiger partial charge on any atom is 0.134 e. The molecule has 0 bridgehead atoms. The van der Waals surface area contributed by atoms with E-state index in [0.717, 1.165) is 10.0 Å². The third-order valence-corrected chi connectivity index (χ3v) is 3.89. The molecule has 100 valence electrons. The molecule has 2 N–H and O–H groups in total. The van der Waals surface area contributed by atoms with Gasteiger partial charge in [-0.25, -0.2) is 0 Å². The van der Waals surface area contributed by atoms with Crippen LogP contribution in [0.15, 0.2) is 46.9 Å². The van der Waals surface area contributed by atoms with Crippen LogP contribution in [-0.2, 0) is 6.54 Å². The summed E-state index contributed by atoms with van der Waals surface area (Å²) in [7, 11) is 0. The normalized spacial score (nSPS) is 12.4. The van der Waals surface area contributed by atoms with Gasteiger partial charge >= 0.3 is 0 Å². The van der Waals surface area contributed by atoms with Crippen molar-refractivity contribution in [1.82, 2.24) is 5.32 Å². The van der Waals surface area contributed by atoms with E-state index in [2.05, 4.69) is 59.4 Å². The Morgan fingerprint density at radius 3 is 2.53 bits per heavy atom. The number of aryl methyl sites for hydroxylation is 1. The molecule has 0 radical (unpaired) electrons. The number of halogens is 1. The molecule has 0 unspecified atom stereocenters. The molecule has 0 aromatic heterocycles. The van der Waals surface area contributed by atoms with Gasteiger partial charge in [0.05, 0.1) is 4.47 Å². The lowest BCUT2D eigenvalue weighted by molar-refractivity contribution is 0.457. The quantitative estimate of drug-likeness (QED) is 0.879. The second-order valence-corrected chi connectivity index (χ2v) is 5.62. The Kier molecular flexibility index (Phi) is 4.61. The van der Waals surface area contributed by atoms with Crippen LogP contribution in [0.2, 0.25) is 0 Å². The van der Waals surface area contributed by atoms with Gasteiger partial charge in [-0.1, -0.05) is 42.0 Å². The third-order valence-electron chi connectivity index (χ3n) is 3.25. The average molecular weight is 320 g/mol. The van der Waals surface area contributed by atoms with Crippen LogP contribution in [0, 0.1) is 6.92 Å². The third kappa shape index (κ3) is 3.58. The van der Waals surface area contributed by atoms with Gasteiger partial charge in [-0.15, -0.1) is 0 Å². The van der Waals surface area contributed by atoms with Crippen LogP contribution < -0.4 is 5.32 Å². The monoisotopic (exact) mass is 319 g/mol. The minimum atomic E-state index is 0.249. The summed E-state index contributed by atoms with van der Waals surface area (Å²) >= 11 is 3.33. The number of rotatable bonds is 4. The highest BCUT2D eigenvalue weighted by Crippen LogP contribution is 2.27. The molecule has 0 saturated heterocycles. The lowest BCUT2D eigenvalue weighted by Gasteiger charge is -2.15. The molecule has 0 fully saturated rings. The van der Waals surface area contributed by atoms with Crippen molar-refractivity contribution in [1.29, 1.82) is 0 Å². The number of nitrogens with one attached hydrogen (secondary N) is 1. The molecule has 19 heavy (non-hydrogen) atoms. The highest BCUT2D eigenvalue weighted by Gasteiger charge is 2.08. The zero-order valence-electron chi connectivity index (χ0n) is 11.2. The van der Waals surface area contributed by atoms with Crippen LogP contribution in [0.1, 0.15) is 29.7 Å². The minimum absolute atomic E-state index is 0.249. The number of phenols is 1. The number of hydrogen-bond donors (Lipinski definition) is 2. The van der Waals surface area contributed by atoms with Crippen LogP contribution in [0.5, 0.6) is 5.75 Å². The van der Waals surface area contributed by atoms with E-state index >= 15 is 0 Å². The number of phenolic OH excluding ortho intramolecular Hbond substituents is 1. The molecular formula is C16H18BrNO. The van der Waals surface area contributed by atoms with Gasteiger partial charge in [0.1, 0.15) is 5.75 Å². The van der Waals surface area contributed by atoms with Crippen LogP contribution >= 0.6 is 15.9 Å². The maximum atomic E-state index is 9.93. The van der Waals surface area contributed by atoms with Crippen molar-refractivity contribution < 1.29 is 5.11 Å². The van der Waals surface area contributed by atoms with E-state index in [4.69, 9.17) is 0 Å². The summed E-state index contributed by atoms with van der Waals surface area (Å²) < 4.78 is 0.731. The minimum Gasteiger partial charge on any atom is -0.506 e. The van der Waals surface area contributed by atoms with Crippen molar-refractivity contribution in [2.24, 2.45) is 0 Å². The number of aromatic hydroxyl groups is 1. The summed E-state index contributed by atoms with van der Waals surface area (Å²) in [4.78, 5) is 0. The topological polar surface area (TPSA) is 32.3 Å². The molecule has 2 nitrogen and oxygen atoms in total. The summed E-state index contributed by atoms with van der Waals surface area (Å²) in [6.07, 6.45) is 0. The molecule has 0 aliphatic carbocycles. The van der Waals surface area contributed by atoms with Crippen LogP contribution in [-0.4, -0.2) is 5.11 Å². The fourth-order valence-electron chi connectivity index (χ4n) is 1.94. The molecule has 0 spiro atoms. The van der Waals surface area contributed by atoms with E-state index in [1.54, 1.807) is 0 Å². The molecule has 2 aromatic carbocycles. The van der Waals surface area contributed by atoms with E-state index < -0.39 is 0 Å². The van der Waals surface area contributed by atoms with E-state index in [1.807, 2.05) is 18.2 Å². The molecule has 0 saturated carbocycles. The van der Waals surface area contributed by atoms with E-state index in [9.17, 15) is 5.11 Å². The summed E-state index contributed by atoms with van der Waals surface area (Å²) in [6.45, 7) is 4.85. The van der Waals surface area contributed by atoms with Crippen LogP contribution in [0.3, 0.4) is 0 Å². The van der Waals surface area contributed by atoms with Gasteiger partial charge in [0.15, 0.2) is 0 Å². The standard InChI is InChI=1S/C16H18BrNO/c1-11-6-8-13(9-7-11)12(2)18-10-14-4-3-5-15(17)16(14)19/h3-9,12,18-19H,10H2,1-2H3/t12-/m0/s1. The fourth-order valence-corrected chi connectivity index (χ4v) is 2.35. The van der Waals surface area contributed by atoms with Crippen molar-refractivity contribution in [3.63, 3.8) is 0 Å². The highest BCUT2D eigenvalue weighted by atomic mass is 79.9. The van der Waals surface area contributed by atoms with Gasteiger partial charge in [-0.2, -0.15) is 0 Å². The Hall–Kier alpha value is -1.32. The van der Waals surface area contributed by atoms with Crippen molar-refractivity contribution >= 4 is 15.9 Å². The van der Waals surface area contributed by atoms with Gasteiger partial charge in [-0.3, -0.25) is 0 Å². The summed E-state index contributed by atoms with van der Waals surface area (Å²) in [5.41, 5.74) is 3.41. The smallest absolute Gasteiger partial charge is 0.134 e. The molecule has 3 heteroatoms. The Labute approximate surface area is 122 Å². The summed E-state index contributed by atoms with van der Waals surface area (Å²) in [5, 5.41) is 13.4. The Morgan fingerprint density at radius 2 is 1.84 bits per heavy atom.